The van der Waals surface area contributed by atoms with E-state index in [0.29, 0.717) is 10.6 Å². The Morgan fingerprint density at radius 2 is 1.88 bits per heavy atom. The highest BCUT2D eigenvalue weighted by atomic mass is 32.1. The van der Waals surface area contributed by atoms with Gasteiger partial charge in [-0.3, -0.25) is 9.78 Å². The van der Waals surface area contributed by atoms with Gasteiger partial charge in [-0.2, -0.15) is 0 Å². The molecule has 3 heterocycles. The molecule has 3 aromatic heterocycles. The highest BCUT2D eigenvalue weighted by molar-refractivity contribution is 7.23. The summed E-state index contributed by atoms with van der Waals surface area (Å²) in [4.78, 5) is 22.2. The van der Waals surface area contributed by atoms with Crippen LogP contribution in [0.15, 0.2) is 42.7 Å². The molecule has 5 nitrogen and oxygen atoms in total. The van der Waals surface area contributed by atoms with Gasteiger partial charge in [0.1, 0.15) is 21.2 Å². The van der Waals surface area contributed by atoms with Crippen LogP contribution in [-0.4, -0.2) is 23.0 Å². The Bertz CT molecular complexity index is 1120. The van der Waals surface area contributed by atoms with E-state index in [9.17, 15) is 4.79 Å². The first-order valence-corrected chi connectivity index (χ1v) is 9.50. The lowest BCUT2D eigenvalue weighted by atomic mass is 10.1. The van der Waals surface area contributed by atoms with Crippen LogP contribution in [0.25, 0.3) is 31.9 Å². The largest absolute Gasteiger partial charge is 0.494 e. The maximum Gasteiger partial charge on any atom is 0.259 e. The van der Waals surface area contributed by atoms with Crippen molar-refractivity contribution in [2.75, 3.05) is 7.11 Å². The summed E-state index contributed by atoms with van der Waals surface area (Å²) < 4.78 is 6.50. The maximum atomic E-state index is 11.8. The Morgan fingerprint density at radius 3 is 2.58 bits per heavy atom. The molecule has 0 unspecified atom stereocenters. The smallest absolute Gasteiger partial charge is 0.259 e. The van der Waals surface area contributed by atoms with Crippen molar-refractivity contribution in [1.29, 1.82) is 0 Å². The summed E-state index contributed by atoms with van der Waals surface area (Å²) in [5, 5.41) is 0.762. The summed E-state index contributed by atoms with van der Waals surface area (Å²) in [7, 11) is 1.63. The number of thiophene rings is 1. The first-order valence-electron chi connectivity index (χ1n) is 7.87. The van der Waals surface area contributed by atoms with Crippen molar-refractivity contribution < 1.29 is 9.53 Å². The van der Waals surface area contributed by atoms with Crippen molar-refractivity contribution in [1.82, 2.24) is 9.97 Å². The number of carbonyl (C=O) groups excluding carboxylic acids is 1. The number of thiazole rings is 1. The van der Waals surface area contributed by atoms with Crippen molar-refractivity contribution in [2.24, 2.45) is 5.73 Å². The number of methoxy groups -OCH3 is 1. The molecule has 2 N–H and O–H groups in total. The number of aromatic nitrogens is 2. The van der Waals surface area contributed by atoms with Gasteiger partial charge in [-0.05, 0) is 42.8 Å². The van der Waals surface area contributed by atoms with Gasteiger partial charge >= 0.3 is 0 Å². The van der Waals surface area contributed by atoms with E-state index in [1.54, 1.807) is 19.5 Å². The summed E-state index contributed by atoms with van der Waals surface area (Å²) >= 11 is 2.92. The minimum absolute atomic E-state index is 0.432. The predicted octanol–water partition coefficient (Wildman–Crippen LogP) is 4.50. The van der Waals surface area contributed by atoms with E-state index in [4.69, 9.17) is 15.5 Å². The summed E-state index contributed by atoms with van der Waals surface area (Å²) in [5.41, 5.74) is 9.22. The summed E-state index contributed by atoms with van der Waals surface area (Å²) in [5.74, 6) is 0.270. The molecule has 0 aliphatic carbocycles. The molecule has 1 amide bonds. The van der Waals surface area contributed by atoms with Crippen molar-refractivity contribution in [3.8, 4) is 27.4 Å². The zero-order valence-corrected chi connectivity index (χ0v) is 15.8. The third-order valence-corrected chi connectivity index (χ3v) is 6.21. The fourth-order valence-corrected chi connectivity index (χ4v) is 4.95. The van der Waals surface area contributed by atoms with Gasteiger partial charge in [0.15, 0.2) is 0 Å². The zero-order valence-electron chi connectivity index (χ0n) is 14.1. The molecule has 1 aromatic carbocycles. The van der Waals surface area contributed by atoms with Crippen LogP contribution in [0.3, 0.4) is 0 Å². The van der Waals surface area contributed by atoms with E-state index in [0.717, 1.165) is 36.8 Å². The normalized spacial score (nSPS) is 11.0. The molecule has 0 aliphatic heterocycles. The van der Waals surface area contributed by atoms with Crippen LogP contribution >= 0.6 is 22.7 Å². The molecule has 0 bridgehead atoms. The molecule has 4 aromatic rings. The number of pyridine rings is 1. The van der Waals surface area contributed by atoms with E-state index < -0.39 is 5.91 Å². The second-order valence-corrected chi connectivity index (χ2v) is 7.97. The van der Waals surface area contributed by atoms with E-state index in [1.165, 1.54) is 22.7 Å². The van der Waals surface area contributed by atoms with E-state index in [-0.39, 0.29) is 0 Å². The topological polar surface area (TPSA) is 78.1 Å². The van der Waals surface area contributed by atoms with Crippen LogP contribution in [0.2, 0.25) is 0 Å². The van der Waals surface area contributed by atoms with Crippen LogP contribution in [0.5, 0.6) is 5.75 Å². The lowest BCUT2D eigenvalue weighted by Crippen LogP contribution is -2.09. The number of amides is 1. The van der Waals surface area contributed by atoms with Gasteiger partial charge in [-0.1, -0.05) is 0 Å². The van der Waals surface area contributed by atoms with Crippen molar-refractivity contribution in [3.05, 3.63) is 52.5 Å². The Labute approximate surface area is 158 Å². The van der Waals surface area contributed by atoms with Gasteiger partial charge in [-0.25, -0.2) is 4.98 Å². The number of hydrogen-bond donors (Lipinski definition) is 1. The zero-order chi connectivity index (χ0) is 18.3. The molecule has 0 saturated heterocycles. The van der Waals surface area contributed by atoms with Gasteiger partial charge in [-0.15, -0.1) is 22.7 Å². The van der Waals surface area contributed by atoms with Crippen LogP contribution in [0.1, 0.15) is 14.5 Å². The number of carbonyl (C=O) groups is 1. The Morgan fingerprint density at radius 1 is 1.12 bits per heavy atom. The van der Waals surface area contributed by atoms with Crippen molar-refractivity contribution in [3.63, 3.8) is 0 Å². The molecular formula is C19H15N3O2S2. The summed E-state index contributed by atoms with van der Waals surface area (Å²) in [6.45, 7) is 1.96. The highest BCUT2D eigenvalue weighted by Crippen LogP contribution is 2.42. The maximum absolute atomic E-state index is 11.8. The number of rotatable bonds is 4. The second-order valence-electron chi connectivity index (χ2n) is 5.71. The molecule has 0 aliphatic rings. The lowest BCUT2D eigenvalue weighted by Gasteiger charge is -2.05. The molecule has 4 rings (SSSR count). The van der Waals surface area contributed by atoms with E-state index in [2.05, 4.69) is 4.98 Å². The number of aryl methyl sites for hydroxylation is 1. The first-order chi connectivity index (χ1) is 12.6. The molecule has 0 radical (unpaired) electrons. The molecule has 130 valence electrons. The Balaban J connectivity index is 1.99. The Kier molecular flexibility index (Phi) is 4.18. The van der Waals surface area contributed by atoms with Crippen LogP contribution in [0.4, 0.5) is 0 Å². The molecule has 0 fully saturated rings. The first kappa shape index (κ1) is 16.7. The van der Waals surface area contributed by atoms with Crippen LogP contribution < -0.4 is 10.5 Å². The van der Waals surface area contributed by atoms with E-state index in [1.807, 2.05) is 37.3 Å². The van der Waals surface area contributed by atoms with Gasteiger partial charge in [0, 0.05) is 28.4 Å². The van der Waals surface area contributed by atoms with Gasteiger partial charge in [0.2, 0.25) is 0 Å². The number of ether oxygens (including phenoxy) is 1. The molecule has 0 saturated carbocycles. The Hall–Kier alpha value is -2.77. The average Bonchev–Trinajstić information content (AvgIpc) is 3.25. The molecule has 0 atom stereocenters. The fourth-order valence-electron chi connectivity index (χ4n) is 2.88. The number of nitrogens with two attached hydrogens (primary N) is 1. The van der Waals surface area contributed by atoms with Crippen molar-refractivity contribution in [2.45, 2.75) is 6.92 Å². The number of nitrogens with zero attached hydrogens (tertiary/aromatic N) is 2. The minimum atomic E-state index is -0.432. The van der Waals surface area contributed by atoms with Crippen molar-refractivity contribution >= 4 is 38.8 Å². The third kappa shape index (κ3) is 2.75. The standard InChI is InChI=1S/C19H15N3O2S2/c1-10-9-13(17(25-10)18(20)23)19-22-15-14(24-2)4-3-12(16(15)26-19)11-5-7-21-8-6-11/h3-9H,1-2H3,(H2,20,23). The average molecular weight is 381 g/mol. The van der Waals surface area contributed by atoms with Gasteiger partial charge in [0.05, 0.1) is 11.8 Å². The van der Waals surface area contributed by atoms with Gasteiger partial charge < -0.3 is 10.5 Å². The van der Waals surface area contributed by atoms with Crippen LogP contribution in [-0.2, 0) is 0 Å². The summed E-state index contributed by atoms with van der Waals surface area (Å²) in [6.07, 6.45) is 3.53. The van der Waals surface area contributed by atoms with Gasteiger partial charge in [0.25, 0.3) is 5.91 Å². The molecule has 0 spiro atoms. The fraction of sp³-hybridized carbons (Fsp3) is 0.105. The number of hydrogen-bond acceptors (Lipinski definition) is 6. The molecular weight excluding hydrogens is 366 g/mol. The number of fused-ring (bicyclic) bond motifs is 1. The number of benzene rings is 1. The monoisotopic (exact) mass is 381 g/mol. The number of primary amides is 1. The minimum Gasteiger partial charge on any atom is -0.494 e. The van der Waals surface area contributed by atoms with E-state index >= 15 is 0 Å². The summed E-state index contributed by atoms with van der Waals surface area (Å²) in [6, 6.07) is 9.82. The predicted molar refractivity (Wildman–Crippen MR) is 106 cm³/mol. The third-order valence-electron chi connectivity index (χ3n) is 4.03. The molecule has 26 heavy (non-hydrogen) atoms. The van der Waals surface area contributed by atoms with Crippen LogP contribution in [0, 0.1) is 6.92 Å². The second kappa shape index (κ2) is 6.51. The quantitative estimate of drug-likeness (QED) is 0.564. The SMILES string of the molecule is COc1ccc(-c2ccncc2)c2sc(-c3cc(C)sc3C(N)=O)nc12. The molecule has 7 heteroatoms. The highest BCUT2D eigenvalue weighted by Gasteiger charge is 2.20. The lowest BCUT2D eigenvalue weighted by molar-refractivity contribution is 0.100.